The van der Waals surface area contributed by atoms with Gasteiger partial charge in [-0.05, 0) is 75.2 Å². The molecule has 0 spiro atoms. The zero-order chi connectivity index (χ0) is 26.7. The Kier molecular flexibility index (Phi) is 7.24. The molecule has 0 radical (unpaired) electrons. The molecule has 0 aliphatic heterocycles. The second kappa shape index (κ2) is 10.4. The summed E-state index contributed by atoms with van der Waals surface area (Å²) in [6.45, 7) is 6.99. The molecule has 8 nitrogen and oxygen atoms in total. The van der Waals surface area contributed by atoms with Crippen LogP contribution in [-0.2, 0) is 16.1 Å². The summed E-state index contributed by atoms with van der Waals surface area (Å²) in [7, 11) is 1.53. The molecule has 0 aliphatic rings. The highest BCUT2D eigenvalue weighted by atomic mass is 19.1. The quantitative estimate of drug-likeness (QED) is 0.399. The number of aryl methyl sites for hydroxylation is 1. The maximum absolute atomic E-state index is 14.8. The first-order chi connectivity index (χ1) is 17.6. The molecule has 9 heteroatoms. The zero-order valence-electron chi connectivity index (χ0n) is 21.5. The van der Waals surface area contributed by atoms with E-state index in [1.807, 2.05) is 39.0 Å². The van der Waals surface area contributed by atoms with Crippen LogP contribution in [0.25, 0.3) is 11.0 Å². The molecule has 192 valence electrons. The smallest absolute Gasteiger partial charge is 0.249 e. The molecular weight excluding hydrogens is 473 g/mol. The molecule has 0 bridgehead atoms. The van der Waals surface area contributed by atoms with Gasteiger partial charge in [-0.2, -0.15) is 0 Å². The predicted octanol–water partition coefficient (Wildman–Crippen LogP) is 4.58. The number of anilines is 1. The van der Waals surface area contributed by atoms with Gasteiger partial charge >= 0.3 is 0 Å². The molecule has 0 fully saturated rings. The maximum Gasteiger partial charge on any atom is 0.249 e. The topological polar surface area (TPSA) is 89.4 Å². The Morgan fingerprint density at radius 2 is 1.84 bits per heavy atom. The number of amides is 2. The number of nitrogens with zero attached hydrogens (tertiary/aromatic N) is 4. The third-order valence-electron chi connectivity index (χ3n) is 5.82. The summed E-state index contributed by atoms with van der Waals surface area (Å²) in [5.41, 5.74) is 1.91. The van der Waals surface area contributed by atoms with E-state index in [-0.39, 0.29) is 12.2 Å². The van der Waals surface area contributed by atoms with E-state index in [1.165, 1.54) is 22.8 Å². The van der Waals surface area contributed by atoms with E-state index < -0.39 is 29.2 Å². The van der Waals surface area contributed by atoms with E-state index in [0.29, 0.717) is 27.9 Å². The molecule has 1 atom stereocenters. The molecule has 0 aliphatic carbocycles. The highest BCUT2D eigenvalue weighted by molar-refractivity contribution is 6.01. The monoisotopic (exact) mass is 503 g/mol. The number of halogens is 1. The number of ether oxygens (including phenoxy) is 1. The van der Waals surface area contributed by atoms with Crippen molar-refractivity contribution in [2.24, 2.45) is 0 Å². The van der Waals surface area contributed by atoms with Gasteiger partial charge < -0.3 is 10.1 Å². The van der Waals surface area contributed by atoms with Crippen molar-refractivity contribution in [2.75, 3.05) is 12.0 Å². The number of methoxy groups -OCH3 is 1. The first-order valence-corrected chi connectivity index (χ1v) is 11.9. The van der Waals surface area contributed by atoms with Crippen LogP contribution in [0.1, 0.15) is 37.9 Å². The average molecular weight is 504 g/mol. The Morgan fingerprint density at radius 3 is 2.54 bits per heavy atom. The Labute approximate surface area is 215 Å². The number of para-hydroxylation sites is 1. The van der Waals surface area contributed by atoms with Crippen molar-refractivity contribution in [2.45, 2.75) is 45.8 Å². The van der Waals surface area contributed by atoms with Gasteiger partial charge in [0.05, 0.1) is 12.6 Å². The molecule has 4 aromatic rings. The highest BCUT2D eigenvalue weighted by Crippen LogP contribution is 2.32. The number of aromatic nitrogens is 3. The van der Waals surface area contributed by atoms with Crippen LogP contribution in [0.5, 0.6) is 5.75 Å². The van der Waals surface area contributed by atoms with E-state index >= 15 is 0 Å². The molecule has 1 heterocycles. The minimum absolute atomic E-state index is 0.209. The van der Waals surface area contributed by atoms with E-state index in [2.05, 4.69) is 15.6 Å². The van der Waals surface area contributed by atoms with Crippen molar-refractivity contribution in [3.63, 3.8) is 0 Å². The summed E-state index contributed by atoms with van der Waals surface area (Å²) in [5, 5.41) is 11.2. The summed E-state index contributed by atoms with van der Waals surface area (Å²) in [6, 6.07) is 17.6. The fourth-order valence-corrected chi connectivity index (χ4v) is 4.07. The van der Waals surface area contributed by atoms with Crippen molar-refractivity contribution < 1.29 is 18.7 Å². The summed E-state index contributed by atoms with van der Waals surface area (Å²) in [4.78, 5) is 29.1. The van der Waals surface area contributed by atoms with Crippen molar-refractivity contribution in [1.29, 1.82) is 0 Å². The normalized spacial score (nSPS) is 12.3. The summed E-state index contributed by atoms with van der Waals surface area (Å²) in [6.07, 6.45) is 0. The van der Waals surface area contributed by atoms with Gasteiger partial charge in [0.15, 0.2) is 0 Å². The maximum atomic E-state index is 14.8. The second-order valence-corrected chi connectivity index (χ2v) is 9.85. The number of fused-ring (bicyclic) bond motifs is 1. The van der Waals surface area contributed by atoms with Crippen molar-refractivity contribution in [1.82, 2.24) is 20.3 Å². The first kappa shape index (κ1) is 25.8. The van der Waals surface area contributed by atoms with Crippen LogP contribution < -0.4 is 15.0 Å². The number of hydrogen-bond acceptors (Lipinski definition) is 5. The molecule has 1 aromatic heterocycles. The van der Waals surface area contributed by atoms with Gasteiger partial charge in [-0.1, -0.05) is 35.5 Å². The molecule has 4 rings (SSSR count). The van der Waals surface area contributed by atoms with Gasteiger partial charge in [0.25, 0.3) is 0 Å². The van der Waals surface area contributed by atoms with Gasteiger partial charge in [-0.15, -0.1) is 5.10 Å². The van der Waals surface area contributed by atoms with Crippen LogP contribution in [0.2, 0.25) is 0 Å². The molecule has 37 heavy (non-hydrogen) atoms. The lowest BCUT2D eigenvalue weighted by Gasteiger charge is -2.34. The fourth-order valence-electron chi connectivity index (χ4n) is 4.07. The van der Waals surface area contributed by atoms with Gasteiger partial charge in [0, 0.05) is 11.2 Å². The Hall–Kier alpha value is -4.27. The molecule has 2 amide bonds. The van der Waals surface area contributed by atoms with Gasteiger partial charge in [-0.3, -0.25) is 14.5 Å². The van der Waals surface area contributed by atoms with Crippen LogP contribution in [-0.4, -0.2) is 39.5 Å². The van der Waals surface area contributed by atoms with E-state index in [4.69, 9.17) is 4.74 Å². The summed E-state index contributed by atoms with van der Waals surface area (Å²) < 4.78 is 21.6. The van der Waals surface area contributed by atoms with Crippen LogP contribution >= 0.6 is 0 Å². The fraction of sp³-hybridized carbons (Fsp3) is 0.286. The molecule has 0 unspecified atom stereocenters. The SMILES string of the molecule is COc1cccc([C@@H](C(=O)NC(C)(C)C)N(C(=O)Cn2nnc3ccccc32)c2ccc(C)c(F)c2)c1. The third kappa shape index (κ3) is 5.77. The molecular formula is C28H30FN5O3. The minimum Gasteiger partial charge on any atom is -0.497 e. The van der Waals surface area contributed by atoms with Gasteiger partial charge in [0.1, 0.15) is 29.7 Å². The van der Waals surface area contributed by atoms with Gasteiger partial charge in [-0.25, -0.2) is 9.07 Å². The summed E-state index contributed by atoms with van der Waals surface area (Å²) in [5.74, 6) is -0.840. The van der Waals surface area contributed by atoms with E-state index in [9.17, 15) is 14.0 Å². The van der Waals surface area contributed by atoms with Crippen LogP contribution in [0.4, 0.5) is 10.1 Å². The standard InChI is InChI=1S/C28H30FN5O3/c1-18-13-14-20(16-22(18)29)34(25(35)17-33-24-12-7-6-11-23(24)31-32-33)26(27(36)30-28(2,3)4)19-9-8-10-21(15-19)37-5/h6-16,26H,17H2,1-5H3,(H,30,36)/t26-/m0/s1. The van der Waals surface area contributed by atoms with Crippen molar-refractivity contribution in [3.05, 3.63) is 83.7 Å². The Morgan fingerprint density at radius 1 is 1.08 bits per heavy atom. The minimum atomic E-state index is -1.11. The largest absolute Gasteiger partial charge is 0.497 e. The number of carbonyl (C=O) groups excluding carboxylic acids is 2. The number of nitrogens with one attached hydrogen (secondary N) is 1. The first-order valence-electron chi connectivity index (χ1n) is 11.9. The predicted molar refractivity (Wildman–Crippen MR) is 140 cm³/mol. The van der Waals surface area contributed by atoms with E-state index in [0.717, 1.165) is 0 Å². The number of benzene rings is 3. The Bertz CT molecular complexity index is 1440. The van der Waals surface area contributed by atoms with Crippen LogP contribution in [0, 0.1) is 12.7 Å². The summed E-state index contributed by atoms with van der Waals surface area (Å²) >= 11 is 0. The van der Waals surface area contributed by atoms with Crippen molar-refractivity contribution in [3.8, 4) is 5.75 Å². The van der Waals surface area contributed by atoms with E-state index in [1.54, 1.807) is 49.4 Å². The van der Waals surface area contributed by atoms with Crippen molar-refractivity contribution >= 4 is 28.5 Å². The molecule has 0 saturated heterocycles. The molecule has 1 N–H and O–H groups in total. The van der Waals surface area contributed by atoms with Crippen LogP contribution in [0.15, 0.2) is 66.7 Å². The average Bonchev–Trinajstić information content (AvgIpc) is 3.25. The molecule has 0 saturated carbocycles. The third-order valence-corrected chi connectivity index (χ3v) is 5.82. The lowest BCUT2D eigenvalue weighted by atomic mass is 10.00. The molecule has 3 aromatic carbocycles. The number of carbonyl (C=O) groups is 2. The second-order valence-electron chi connectivity index (χ2n) is 9.85. The van der Waals surface area contributed by atoms with Crippen LogP contribution in [0.3, 0.4) is 0 Å². The number of rotatable bonds is 7. The lowest BCUT2D eigenvalue weighted by molar-refractivity contribution is -0.128. The number of hydrogen-bond donors (Lipinski definition) is 1. The lowest BCUT2D eigenvalue weighted by Crippen LogP contribution is -2.50. The Balaban J connectivity index is 1.86. The zero-order valence-corrected chi connectivity index (χ0v) is 21.5. The highest BCUT2D eigenvalue weighted by Gasteiger charge is 2.35. The van der Waals surface area contributed by atoms with Gasteiger partial charge in [0.2, 0.25) is 11.8 Å².